The quantitative estimate of drug-likeness (QED) is 0.287. The zero-order valence-corrected chi connectivity index (χ0v) is 28.2. The Bertz CT molecular complexity index is 1260. The van der Waals surface area contributed by atoms with E-state index in [1.54, 1.807) is 0 Å². The van der Waals surface area contributed by atoms with Crippen molar-refractivity contribution in [1.29, 1.82) is 0 Å². The van der Waals surface area contributed by atoms with Crippen LogP contribution < -0.4 is 0 Å². The molecule has 0 radical (unpaired) electrons. The first-order valence-electron chi connectivity index (χ1n) is 17.2. The molecule has 45 heavy (non-hydrogen) atoms. The van der Waals surface area contributed by atoms with Gasteiger partial charge in [-0.15, -0.1) is 0 Å². The number of ether oxygens (including phenoxy) is 2. The maximum atomic E-state index is 14.6. The molecule has 9 heteroatoms. The highest BCUT2D eigenvalue weighted by atomic mass is 16.7. The van der Waals surface area contributed by atoms with Crippen LogP contribution in [-0.4, -0.2) is 80.7 Å². The number of hydrogen-bond donors (Lipinski definition) is 5. The summed E-state index contributed by atoms with van der Waals surface area (Å²) in [6.07, 6.45) is 2.39. The van der Waals surface area contributed by atoms with E-state index in [0.717, 1.165) is 38.5 Å². The van der Waals surface area contributed by atoms with E-state index in [1.165, 1.54) is 5.57 Å². The lowest BCUT2D eigenvalue weighted by Crippen LogP contribution is -2.67. The third kappa shape index (κ3) is 4.53. The van der Waals surface area contributed by atoms with Gasteiger partial charge in [-0.2, -0.15) is 0 Å². The number of hydrogen-bond acceptors (Lipinski definition) is 8. The second-order valence-corrected chi connectivity index (χ2v) is 17.7. The minimum atomic E-state index is -1.50. The van der Waals surface area contributed by atoms with Crippen molar-refractivity contribution >= 4 is 11.8 Å². The van der Waals surface area contributed by atoms with Gasteiger partial charge >= 0.3 is 5.97 Å². The average Bonchev–Trinajstić information content (AvgIpc) is 2.96. The Morgan fingerprint density at radius 2 is 1.58 bits per heavy atom. The molecule has 1 saturated heterocycles. The summed E-state index contributed by atoms with van der Waals surface area (Å²) in [5.41, 5.74) is -0.725. The standard InChI is InChI=1S/C36H56O9/c1-31(2)23-8-11-36(7)28(34(23,5)10-9-24(31)45-29-27(41)26(40)25(39)22(18-37)44-29)21(38)16-19-20-17-33(4,30(42)43)13-12-32(20,3)14-15-35(19,36)6/h16,20,22-29,37,39-41H,8-15,17-18H2,1-7H3,(H,42,43)/t20-,22-,23+,24+,25-,26+,27-,28-,29-,32-,33+,34+,35-,36-/m1/s1. The molecule has 14 atom stereocenters. The third-order valence-corrected chi connectivity index (χ3v) is 15.2. The largest absolute Gasteiger partial charge is 0.481 e. The third-order valence-electron chi connectivity index (χ3n) is 15.2. The van der Waals surface area contributed by atoms with Crippen LogP contribution in [0.2, 0.25) is 0 Å². The van der Waals surface area contributed by atoms with E-state index in [2.05, 4.69) is 41.5 Å². The van der Waals surface area contributed by atoms with Gasteiger partial charge in [0, 0.05) is 5.92 Å². The summed E-state index contributed by atoms with van der Waals surface area (Å²) >= 11 is 0. The normalized spacial score (nSPS) is 54.2. The molecule has 254 valence electrons. The number of carbonyl (C=O) groups excluding carboxylic acids is 1. The Morgan fingerprint density at radius 1 is 0.911 bits per heavy atom. The number of aliphatic hydroxyl groups excluding tert-OH is 4. The molecule has 0 aromatic rings. The first-order valence-corrected chi connectivity index (χ1v) is 17.2. The fourth-order valence-corrected chi connectivity index (χ4v) is 11.9. The molecule has 5 N–H and O–H groups in total. The van der Waals surface area contributed by atoms with Gasteiger partial charge in [0.15, 0.2) is 12.1 Å². The Morgan fingerprint density at radius 3 is 2.22 bits per heavy atom. The number of aliphatic hydroxyl groups is 4. The molecule has 0 aromatic heterocycles. The summed E-state index contributed by atoms with van der Waals surface area (Å²) in [7, 11) is 0. The van der Waals surface area contributed by atoms with Crippen LogP contribution in [0.1, 0.15) is 106 Å². The molecule has 1 heterocycles. The summed E-state index contributed by atoms with van der Waals surface area (Å²) < 4.78 is 12.1. The van der Waals surface area contributed by atoms with Crippen molar-refractivity contribution in [1.82, 2.24) is 0 Å². The number of carboxylic acids is 1. The Labute approximate surface area is 267 Å². The smallest absolute Gasteiger partial charge is 0.309 e. The summed E-state index contributed by atoms with van der Waals surface area (Å²) in [5, 5.41) is 51.2. The maximum Gasteiger partial charge on any atom is 0.309 e. The van der Waals surface area contributed by atoms with E-state index >= 15 is 0 Å². The fourth-order valence-electron chi connectivity index (χ4n) is 11.9. The summed E-state index contributed by atoms with van der Waals surface area (Å²) in [4.78, 5) is 27.0. The number of aliphatic carboxylic acids is 1. The van der Waals surface area contributed by atoms with Crippen molar-refractivity contribution in [3.63, 3.8) is 0 Å². The molecule has 9 nitrogen and oxygen atoms in total. The van der Waals surface area contributed by atoms with Crippen molar-refractivity contribution in [3.05, 3.63) is 11.6 Å². The predicted octanol–water partition coefficient (Wildman–Crippen LogP) is 4.24. The monoisotopic (exact) mass is 632 g/mol. The van der Waals surface area contributed by atoms with Gasteiger partial charge in [0.2, 0.25) is 0 Å². The molecular weight excluding hydrogens is 576 g/mol. The molecule has 0 bridgehead atoms. The van der Waals surface area contributed by atoms with Crippen molar-refractivity contribution in [2.45, 2.75) is 143 Å². The topological polar surface area (TPSA) is 154 Å². The van der Waals surface area contributed by atoms with Gasteiger partial charge in [0.05, 0.1) is 18.1 Å². The SMILES string of the molecule is CC1(C)[C@@H](O[C@H]2O[C@H](CO)[C@@H](O)[C@H](O)[C@H]2O)CC[C@]2(C)[C@H]3C(=O)C=C4[C@H]5C[C@@](C)(C(=O)O)CC[C@]5(C)CC[C@@]4(C)[C@]3(C)CC[C@@H]12. The first kappa shape index (κ1) is 33.5. The zero-order chi connectivity index (χ0) is 33.1. The zero-order valence-electron chi connectivity index (χ0n) is 28.2. The molecule has 0 spiro atoms. The van der Waals surface area contributed by atoms with E-state index in [1.807, 2.05) is 13.0 Å². The van der Waals surface area contributed by atoms with Crippen LogP contribution in [0, 0.1) is 50.2 Å². The number of rotatable bonds is 4. The highest BCUT2D eigenvalue weighted by Gasteiger charge is 2.70. The molecule has 4 saturated carbocycles. The highest BCUT2D eigenvalue weighted by Crippen LogP contribution is 2.75. The van der Waals surface area contributed by atoms with Gasteiger partial charge in [0.25, 0.3) is 0 Å². The van der Waals surface area contributed by atoms with Gasteiger partial charge in [-0.05, 0) is 110 Å². The van der Waals surface area contributed by atoms with Crippen LogP contribution in [0.4, 0.5) is 0 Å². The Kier molecular flexibility index (Phi) is 7.88. The van der Waals surface area contributed by atoms with E-state index in [-0.39, 0.29) is 51.3 Å². The average molecular weight is 633 g/mol. The number of fused-ring (bicyclic) bond motifs is 7. The lowest BCUT2D eigenvalue weighted by atomic mass is 9.33. The van der Waals surface area contributed by atoms with Crippen molar-refractivity contribution in [2.75, 3.05) is 6.61 Å². The molecule has 6 aliphatic rings. The van der Waals surface area contributed by atoms with Crippen molar-refractivity contribution < 1.29 is 44.6 Å². The molecule has 6 rings (SSSR count). The first-order chi connectivity index (χ1) is 20.8. The van der Waals surface area contributed by atoms with Crippen LogP contribution in [0.3, 0.4) is 0 Å². The van der Waals surface area contributed by atoms with Crippen molar-refractivity contribution in [2.24, 2.45) is 50.2 Å². The summed E-state index contributed by atoms with van der Waals surface area (Å²) in [6.45, 7) is 15.0. The molecule has 5 aliphatic carbocycles. The van der Waals surface area contributed by atoms with Crippen LogP contribution in [0.5, 0.6) is 0 Å². The van der Waals surface area contributed by atoms with Crippen LogP contribution in [0.15, 0.2) is 11.6 Å². The van der Waals surface area contributed by atoms with E-state index in [4.69, 9.17) is 9.47 Å². The van der Waals surface area contributed by atoms with Crippen LogP contribution in [-0.2, 0) is 19.1 Å². The summed E-state index contributed by atoms with van der Waals surface area (Å²) in [5.74, 6) is -0.496. The van der Waals surface area contributed by atoms with E-state index in [9.17, 15) is 35.1 Å². The van der Waals surface area contributed by atoms with Gasteiger partial charge in [-0.1, -0.05) is 47.1 Å². The molecule has 0 unspecified atom stereocenters. The van der Waals surface area contributed by atoms with Crippen LogP contribution >= 0.6 is 0 Å². The van der Waals surface area contributed by atoms with Gasteiger partial charge in [-0.25, -0.2) is 0 Å². The predicted molar refractivity (Wildman–Crippen MR) is 166 cm³/mol. The Hall–Kier alpha value is -1.36. The van der Waals surface area contributed by atoms with Crippen molar-refractivity contribution in [3.8, 4) is 0 Å². The Balaban J connectivity index is 1.31. The lowest BCUT2D eigenvalue weighted by molar-refractivity contribution is -0.329. The number of carboxylic acid groups (broad SMARTS) is 1. The second-order valence-electron chi connectivity index (χ2n) is 17.7. The molecule has 0 amide bonds. The van der Waals surface area contributed by atoms with Gasteiger partial charge in [0.1, 0.15) is 24.4 Å². The number of ketones is 1. The van der Waals surface area contributed by atoms with E-state index < -0.39 is 54.1 Å². The number of allylic oxidation sites excluding steroid dienone is 2. The maximum absolute atomic E-state index is 14.6. The number of carbonyl (C=O) groups is 2. The molecular formula is C36H56O9. The molecule has 1 aliphatic heterocycles. The summed E-state index contributed by atoms with van der Waals surface area (Å²) in [6, 6.07) is 0. The molecule has 5 fully saturated rings. The minimum Gasteiger partial charge on any atom is -0.481 e. The lowest BCUT2D eigenvalue weighted by Gasteiger charge is -2.70. The fraction of sp³-hybridized carbons (Fsp3) is 0.889. The molecule has 0 aromatic carbocycles. The minimum absolute atomic E-state index is 0.00663. The van der Waals surface area contributed by atoms with Crippen LogP contribution in [0.25, 0.3) is 0 Å². The van der Waals surface area contributed by atoms with Gasteiger partial charge in [-0.3, -0.25) is 9.59 Å². The van der Waals surface area contributed by atoms with E-state index in [0.29, 0.717) is 19.3 Å². The second kappa shape index (κ2) is 10.6. The van der Waals surface area contributed by atoms with Gasteiger partial charge < -0.3 is 35.0 Å². The highest BCUT2D eigenvalue weighted by molar-refractivity contribution is 5.95.